The number of aromatic nitrogens is 5. The quantitative estimate of drug-likeness (QED) is 0.159. The number of aryl methyl sites for hydroxylation is 1. The van der Waals surface area contributed by atoms with Crippen LogP contribution < -0.4 is 0 Å². The predicted molar refractivity (Wildman–Crippen MR) is 285 cm³/mol. The molecule has 1 atom stereocenters. The fraction of sp³-hybridized carbons (Fsp3) is 0.0625. The van der Waals surface area contributed by atoms with Crippen molar-refractivity contribution in [2.75, 3.05) is 0 Å². The van der Waals surface area contributed by atoms with E-state index in [1.165, 1.54) is 16.7 Å². The van der Waals surface area contributed by atoms with Crippen molar-refractivity contribution in [3.63, 3.8) is 0 Å². The lowest BCUT2D eigenvalue weighted by Crippen LogP contribution is -2.04. The third-order valence-corrected chi connectivity index (χ3v) is 14.3. The molecule has 9 aromatic carbocycles. The molecule has 1 aliphatic rings. The third kappa shape index (κ3) is 6.63. The van der Waals surface area contributed by atoms with Gasteiger partial charge in [0.15, 0.2) is 5.82 Å². The maximum Gasteiger partial charge on any atom is 0.235 e. The molecule has 70 heavy (non-hydrogen) atoms. The van der Waals surface area contributed by atoms with E-state index in [1.54, 1.807) is 0 Å². The average Bonchev–Trinajstić information content (AvgIpc) is 3.93. The van der Waals surface area contributed by atoms with Crippen LogP contribution in [-0.2, 0) is 12.8 Å². The highest BCUT2D eigenvalue weighted by Gasteiger charge is 2.29. The van der Waals surface area contributed by atoms with E-state index in [0.717, 1.165) is 130 Å². The molecule has 0 radical (unpaired) electrons. The SMILES string of the molecule is c1ccc(CC2CCc3nc(-c4ccccc4)nc(-c4ccccc4)c3-c3cc(-c4ccc5c(c4)c4ccccc4n5-c4nc(-c5cccc6oc7ccccc7c56)c5ccccc5n4)ccc32)cc1. The first kappa shape index (κ1) is 40.1. The number of benzene rings is 9. The van der Waals surface area contributed by atoms with Gasteiger partial charge >= 0.3 is 0 Å². The van der Waals surface area contributed by atoms with Gasteiger partial charge in [0.2, 0.25) is 5.95 Å². The van der Waals surface area contributed by atoms with Gasteiger partial charge in [0.05, 0.1) is 33.6 Å². The summed E-state index contributed by atoms with van der Waals surface area (Å²) in [5, 5.41) is 5.37. The number of para-hydroxylation sites is 3. The number of nitrogens with zero attached hydrogens (tertiary/aromatic N) is 5. The van der Waals surface area contributed by atoms with Crippen LogP contribution in [0.2, 0.25) is 0 Å². The predicted octanol–water partition coefficient (Wildman–Crippen LogP) is 16.0. The maximum atomic E-state index is 6.37. The molecule has 4 heterocycles. The van der Waals surface area contributed by atoms with Crippen LogP contribution in [0.4, 0.5) is 0 Å². The number of furan rings is 1. The molecular formula is C64H43N5O. The molecule has 0 saturated heterocycles. The van der Waals surface area contributed by atoms with Gasteiger partial charge in [-0.25, -0.2) is 19.9 Å². The Morgan fingerprint density at radius 1 is 0.457 bits per heavy atom. The van der Waals surface area contributed by atoms with E-state index in [2.05, 4.69) is 199 Å². The first-order valence-corrected chi connectivity index (χ1v) is 24.1. The standard InChI is InChI=1S/C64H43N5O/c1-4-17-40(18-5-1)37-45-32-35-54-60(61(41-19-6-2-7-20-41)67-63(65-54)42-21-8-3-9-22-42)52-39-43(31-34-46(45)52)44-33-36-56-51(38-44)47-23-11-14-28-55(47)69(56)64-66-53-27-13-10-24-48(53)62(68-64)50-26-16-30-58-59(50)49-25-12-15-29-57(49)70-58/h1-31,33-34,36,38-39,45H,32,35,37H2. The Morgan fingerprint density at radius 2 is 1.13 bits per heavy atom. The molecule has 14 rings (SSSR count). The molecule has 0 N–H and O–H groups in total. The second kappa shape index (κ2) is 16.4. The molecule has 330 valence electrons. The van der Waals surface area contributed by atoms with Crippen molar-refractivity contribution < 1.29 is 4.42 Å². The fourth-order valence-electron chi connectivity index (χ4n) is 11.1. The molecule has 6 heteroatoms. The van der Waals surface area contributed by atoms with Crippen molar-refractivity contribution in [2.45, 2.75) is 25.2 Å². The molecular weight excluding hydrogens is 855 g/mol. The van der Waals surface area contributed by atoms with E-state index < -0.39 is 0 Å². The van der Waals surface area contributed by atoms with E-state index in [4.69, 9.17) is 24.4 Å². The van der Waals surface area contributed by atoms with Gasteiger partial charge < -0.3 is 4.42 Å². The first-order valence-electron chi connectivity index (χ1n) is 24.1. The van der Waals surface area contributed by atoms with Gasteiger partial charge in [0.1, 0.15) is 11.2 Å². The fourth-order valence-corrected chi connectivity index (χ4v) is 11.1. The van der Waals surface area contributed by atoms with Crippen molar-refractivity contribution in [3.8, 4) is 62.1 Å². The second-order valence-corrected chi connectivity index (χ2v) is 18.4. The van der Waals surface area contributed by atoms with Gasteiger partial charge in [-0.05, 0) is 95.5 Å². The van der Waals surface area contributed by atoms with Gasteiger partial charge in [-0.2, -0.15) is 0 Å². The minimum Gasteiger partial charge on any atom is -0.456 e. The Bertz CT molecular complexity index is 4160. The van der Waals surface area contributed by atoms with Crippen molar-refractivity contribution in [2.24, 2.45) is 0 Å². The molecule has 6 nitrogen and oxygen atoms in total. The zero-order valence-electron chi connectivity index (χ0n) is 38.1. The van der Waals surface area contributed by atoms with Crippen LogP contribution in [0.1, 0.15) is 29.2 Å². The van der Waals surface area contributed by atoms with E-state index in [1.807, 2.05) is 24.3 Å². The summed E-state index contributed by atoms with van der Waals surface area (Å²) >= 11 is 0. The van der Waals surface area contributed by atoms with Crippen LogP contribution in [0.3, 0.4) is 0 Å². The summed E-state index contributed by atoms with van der Waals surface area (Å²) in [5.41, 5.74) is 17.9. The molecule has 0 spiro atoms. The van der Waals surface area contributed by atoms with E-state index >= 15 is 0 Å². The van der Waals surface area contributed by atoms with E-state index in [9.17, 15) is 0 Å². The third-order valence-electron chi connectivity index (χ3n) is 14.3. The summed E-state index contributed by atoms with van der Waals surface area (Å²) in [6.45, 7) is 0. The maximum absolute atomic E-state index is 6.37. The van der Waals surface area contributed by atoms with Gasteiger partial charge in [-0.3, -0.25) is 4.57 Å². The zero-order chi connectivity index (χ0) is 46.1. The lowest BCUT2D eigenvalue weighted by Gasteiger charge is -2.20. The number of hydrogen-bond donors (Lipinski definition) is 0. The van der Waals surface area contributed by atoms with Crippen molar-refractivity contribution in [1.82, 2.24) is 24.5 Å². The largest absolute Gasteiger partial charge is 0.456 e. The van der Waals surface area contributed by atoms with Gasteiger partial charge in [-0.15, -0.1) is 0 Å². The average molecular weight is 898 g/mol. The highest BCUT2D eigenvalue weighted by Crippen LogP contribution is 2.46. The molecule has 1 aliphatic carbocycles. The summed E-state index contributed by atoms with van der Waals surface area (Å²) in [7, 11) is 0. The van der Waals surface area contributed by atoms with Crippen molar-refractivity contribution in [1.29, 1.82) is 0 Å². The number of rotatable bonds is 7. The zero-order valence-corrected chi connectivity index (χ0v) is 38.1. The van der Waals surface area contributed by atoms with Crippen molar-refractivity contribution in [3.05, 3.63) is 235 Å². The summed E-state index contributed by atoms with van der Waals surface area (Å²) in [6.07, 6.45) is 2.76. The summed E-state index contributed by atoms with van der Waals surface area (Å²) in [6, 6.07) is 77.3. The molecule has 4 aromatic heterocycles. The number of hydrogen-bond acceptors (Lipinski definition) is 5. The molecule has 0 fully saturated rings. The summed E-state index contributed by atoms with van der Waals surface area (Å²) in [4.78, 5) is 21.7. The highest BCUT2D eigenvalue weighted by molar-refractivity contribution is 6.15. The van der Waals surface area contributed by atoms with E-state index in [-0.39, 0.29) is 5.92 Å². The minimum atomic E-state index is 0.288. The minimum absolute atomic E-state index is 0.288. The monoisotopic (exact) mass is 897 g/mol. The Labute approximate surface area is 404 Å². The first-order chi connectivity index (χ1) is 34.7. The van der Waals surface area contributed by atoms with Crippen LogP contribution in [-0.4, -0.2) is 24.5 Å². The molecule has 0 saturated carbocycles. The Hall–Kier alpha value is -9.00. The molecule has 0 bridgehead atoms. The molecule has 0 aliphatic heterocycles. The van der Waals surface area contributed by atoms with Crippen molar-refractivity contribution >= 4 is 54.6 Å². The van der Waals surface area contributed by atoms with Crippen LogP contribution >= 0.6 is 0 Å². The summed E-state index contributed by atoms with van der Waals surface area (Å²) in [5.74, 6) is 1.66. The Morgan fingerprint density at radius 3 is 1.97 bits per heavy atom. The lowest BCUT2D eigenvalue weighted by molar-refractivity contribution is 0.624. The lowest BCUT2D eigenvalue weighted by atomic mass is 9.84. The second-order valence-electron chi connectivity index (χ2n) is 18.4. The van der Waals surface area contributed by atoms with Gasteiger partial charge in [0, 0.05) is 49.2 Å². The van der Waals surface area contributed by atoms with Crippen LogP contribution in [0, 0.1) is 0 Å². The van der Waals surface area contributed by atoms with Crippen LogP contribution in [0.25, 0.3) is 117 Å². The topological polar surface area (TPSA) is 69.6 Å². The molecule has 1 unspecified atom stereocenters. The van der Waals surface area contributed by atoms with Gasteiger partial charge in [-0.1, -0.05) is 176 Å². The molecule has 13 aromatic rings. The number of fused-ring (bicyclic) bond motifs is 10. The highest BCUT2D eigenvalue weighted by atomic mass is 16.3. The molecule has 0 amide bonds. The van der Waals surface area contributed by atoms with Crippen LogP contribution in [0.5, 0.6) is 0 Å². The Kier molecular flexibility index (Phi) is 9.37. The van der Waals surface area contributed by atoms with Crippen LogP contribution in [0.15, 0.2) is 223 Å². The Balaban J connectivity index is 0.959. The van der Waals surface area contributed by atoms with E-state index in [0.29, 0.717) is 5.95 Å². The normalized spacial score (nSPS) is 13.5. The summed E-state index contributed by atoms with van der Waals surface area (Å²) < 4.78 is 8.60. The smallest absolute Gasteiger partial charge is 0.235 e. The van der Waals surface area contributed by atoms with Gasteiger partial charge in [0.25, 0.3) is 0 Å².